The minimum atomic E-state index is -0.430. The second-order valence-corrected chi connectivity index (χ2v) is 7.50. The van der Waals surface area contributed by atoms with Crippen molar-refractivity contribution in [3.05, 3.63) is 65.9 Å². The summed E-state index contributed by atoms with van der Waals surface area (Å²) in [6, 6.07) is 14.9. The number of anilines is 2. The van der Waals surface area contributed by atoms with Crippen LogP contribution in [0.15, 0.2) is 60.3 Å². The fourth-order valence-corrected chi connectivity index (χ4v) is 4.30. The quantitative estimate of drug-likeness (QED) is 0.848. The molecular formula is C23H24N2O3. The van der Waals surface area contributed by atoms with Gasteiger partial charge in [-0.05, 0) is 35.7 Å². The average molecular weight is 376 g/mol. The van der Waals surface area contributed by atoms with Crippen molar-refractivity contribution in [3.8, 4) is 5.75 Å². The van der Waals surface area contributed by atoms with E-state index in [1.165, 1.54) is 0 Å². The lowest BCUT2D eigenvalue weighted by molar-refractivity contribution is -0.124. The lowest BCUT2D eigenvalue weighted by Crippen LogP contribution is -2.41. The van der Waals surface area contributed by atoms with E-state index < -0.39 is 12.0 Å². The molecule has 2 aliphatic rings. The molecule has 28 heavy (non-hydrogen) atoms. The lowest BCUT2D eigenvalue weighted by Gasteiger charge is -2.36. The maximum Gasteiger partial charge on any atom is 0.224 e. The Morgan fingerprint density at radius 3 is 2.54 bits per heavy atom. The molecule has 0 fully saturated rings. The number of methoxy groups -OCH3 is 1. The molecular weight excluding hydrogens is 352 g/mol. The Bertz CT molecular complexity index is 949. The van der Waals surface area contributed by atoms with Crippen molar-refractivity contribution >= 4 is 23.1 Å². The Hall–Kier alpha value is -3.08. The third-order valence-electron chi connectivity index (χ3n) is 5.50. The SMILES string of the molecule is COc1ccc([C@@H]2[C@@H]3C(=O)C[C@@H](C)C=C3Nc3ccccc3N2C(C)=O)cc1. The predicted octanol–water partition coefficient (Wildman–Crippen LogP) is 4.32. The molecule has 0 radical (unpaired) electrons. The van der Waals surface area contributed by atoms with E-state index in [0.29, 0.717) is 6.42 Å². The van der Waals surface area contributed by atoms with Crippen molar-refractivity contribution in [2.45, 2.75) is 26.3 Å². The highest BCUT2D eigenvalue weighted by Crippen LogP contribution is 2.46. The first kappa shape index (κ1) is 18.3. The van der Waals surface area contributed by atoms with Crippen LogP contribution < -0.4 is 15.0 Å². The number of nitrogens with zero attached hydrogens (tertiary/aromatic N) is 1. The fourth-order valence-electron chi connectivity index (χ4n) is 4.30. The van der Waals surface area contributed by atoms with Crippen LogP contribution in [0.4, 0.5) is 11.4 Å². The fraction of sp³-hybridized carbons (Fsp3) is 0.304. The summed E-state index contributed by atoms with van der Waals surface area (Å²) in [4.78, 5) is 27.7. The number of nitrogens with one attached hydrogen (secondary N) is 1. The number of rotatable bonds is 2. The van der Waals surface area contributed by atoms with E-state index in [1.54, 1.807) is 18.9 Å². The smallest absolute Gasteiger partial charge is 0.224 e. The maximum absolute atomic E-state index is 13.2. The zero-order valence-electron chi connectivity index (χ0n) is 16.3. The summed E-state index contributed by atoms with van der Waals surface area (Å²) in [5.74, 6) is 0.532. The van der Waals surface area contributed by atoms with Gasteiger partial charge in [0.2, 0.25) is 5.91 Å². The van der Waals surface area contributed by atoms with Gasteiger partial charge in [-0.3, -0.25) is 9.59 Å². The summed E-state index contributed by atoms with van der Waals surface area (Å²) in [5.41, 5.74) is 3.41. The number of ketones is 1. The Balaban J connectivity index is 1.95. The molecule has 0 unspecified atom stereocenters. The van der Waals surface area contributed by atoms with Gasteiger partial charge in [0.05, 0.1) is 30.4 Å². The number of carbonyl (C=O) groups excluding carboxylic acids is 2. The van der Waals surface area contributed by atoms with E-state index in [1.807, 2.05) is 55.5 Å². The van der Waals surface area contributed by atoms with E-state index in [9.17, 15) is 9.59 Å². The van der Waals surface area contributed by atoms with E-state index in [-0.39, 0.29) is 17.6 Å². The van der Waals surface area contributed by atoms with Crippen LogP contribution in [0.2, 0.25) is 0 Å². The molecule has 5 heteroatoms. The number of fused-ring (bicyclic) bond motifs is 2. The third-order valence-corrected chi connectivity index (χ3v) is 5.50. The highest BCUT2D eigenvalue weighted by molar-refractivity contribution is 6.00. The molecule has 5 nitrogen and oxygen atoms in total. The van der Waals surface area contributed by atoms with Crippen LogP contribution in [0.5, 0.6) is 5.75 Å². The van der Waals surface area contributed by atoms with E-state index in [2.05, 4.69) is 11.4 Å². The molecule has 2 aromatic rings. The van der Waals surface area contributed by atoms with Gasteiger partial charge in [-0.25, -0.2) is 0 Å². The van der Waals surface area contributed by atoms with Gasteiger partial charge in [0.15, 0.2) is 0 Å². The minimum Gasteiger partial charge on any atom is -0.497 e. The van der Waals surface area contributed by atoms with Gasteiger partial charge in [0.25, 0.3) is 0 Å². The molecule has 1 amide bonds. The second kappa shape index (κ2) is 7.15. The van der Waals surface area contributed by atoms with Crippen molar-refractivity contribution < 1.29 is 14.3 Å². The summed E-state index contributed by atoms with van der Waals surface area (Å²) in [6.07, 6.45) is 2.60. The molecule has 1 aliphatic heterocycles. The van der Waals surface area contributed by atoms with Crippen molar-refractivity contribution in [1.82, 2.24) is 0 Å². The van der Waals surface area contributed by atoms with Gasteiger partial charge in [-0.15, -0.1) is 0 Å². The molecule has 1 aliphatic carbocycles. The van der Waals surface area contributed by atoms with Gasteiger partial charge in [0, 0.05) is 19.0 Å². The number of Topliss-reactive ketones (excluding diaryl/α,β-unsaturated/α-hetero) is 1. The van der Waals surface area contributed by atoms with Crippen LogP contribution in [-0.4, -0.2) is 18.8 Å². The van der Waals surface area contributed by atoms with Gasteiger partial charge in [-0.2, -0.15) is 0 Å². The zero-order chi connectivity index (χ0) is 19.8. The third kappa shape index (κ3) is 3.07. The highest BCUT2D eigenvalue weighted by Gasteiger charge is 2.43. The monoisotopic (exact) mass is 376 g/mol. The normalized spacial score (nSPS) is 23.7. The molecule has 0 saturated carbocycles. The lowest BCUT2D eigenvalue weighted by atomic mass is 9.78. The molecule has 2 aromatic carbocycles. The Morgan fingerprint density at radius 2 is 1.86 bits per heavy atom. The first-order valence-corrected chi connectivity index (χ1v) is 9.54. The topological polar surface area (TPSA) is 58.6 Å². The predicted molar refractivity (Wildman–Crippen MR) is 109 cm³/mol. The first-order chi connectivity index (χ1) is 13.5. The van der Waals surface area contributed by atoms with Gasteiger partial charge < -0.3 is 15.0 Å². The number of hydrogen-bond donors (Lipinski definition) is 1. The van der Waals surface area contributed by atoms with Gasteiger partial charge in [0.1, 0.15) is 11.5 Å². The van der Waals surface area contributed by atoms with Crippen molar-refractivity contribution in [2.24, 2.45) is 11.8 Å². The average Bonchev–Trinajstić information content (AvgIpc) is 2.82. The summed E-state index contributed by atoms with van der Waals surface area (Å²) in [7, 11) is 1.62. The largest absolute Gasteiger partial charge is 0.497 e. The molecule has 3 atom stereocenters. The molecule has 0 aromatic heterocycles. The molecule has 0 spiro atoms. The standard InChI is InChI=1S/C23H24N2O3/c1-14-12-19-22(21(27)13-14)23(16-8-10-17(28-3)11-9-16)25(15(2)26)20-7-5-4-6-18(20)24-19/h4-12,14,22-24H,13H2,1-3H3/t14-,22-,23+/m0/s1. The van der Waals surface area contributed by atoms with Crippen LogP contribution in [0.1, 0.15) is 31.9 Å². The summed E-state index contributed by atoms with van der Waals surface area (Å²) in [5, 5.41) is 3.45. The summed E-state index contributed by atoms with van der Waals surface area (Å²) in [6.45, 7) is 3.60. The van der Waals surface area contributed by atoms with E-state index >= 15 is 0 Å². The molecule has 0 bridgehead atoms. The first-order valence-electron chi connectivity index (χ1n) is 9.54. The number of benzene rings is 2. The summed E-state index contributed by atoms with van der Waals surface area (Å²) < 4.78 is 5.28. The molecule has 1 heterocycles. The minimum absolute atomic E-state index is 0.0947. The van der Waals surface area contributed by atoms with E-state index in [0.717, 1.165) is 28.4 Å². The maximum atomic E-state index is 13.2. The van der Waals surface area contributed by atoms with Crippen molar-refractivity contribution in [2.75, 3.05) is 17.3 Å². The van der Waals surface area contributed by atoms with E-state index in [4.69, 9.17) is 4.74 Å². The number of hydrogen-bond acceptors (Lipinski definition) is 4. The van der Waals surface area contributed by atoms with Gasteiger partial charge >= 0.3 is 0 Å². The van der Waals surface area contributed by atoms with Crippen LogP contribution in [0, 0.1) is 11.8 Å². The Kier molecular flexibility index (Phi) is 4.67. The van der Waals surface area contributed by atoms with Crippen LogP contribution >= 0.6 is 0 Å². The second-order valence-electron chi connectivity index (χ2n) is 7.50. The van der Waals surface area contributed by atoms with Crippen molar-refractivity contribution in [3.63, 3.8) is 0 Å². The number of para-hydroxylation sites is 2. The summed E-state index contributed by atoms with van der Waals surface area (Å²) >= 11 is 0. The van der Waals surface area contributed by atoms with Crippen LogP contribution in [0.25, 0.3) is 0 Å². The number of amides is 1. The zero-order valence-corrected chi connectivity index (χ0v) is 16.3. The molecule has 144 valence electrons. The Labute approximate surface area is 165 Å². The number of ether oxygens (including phenoxy) is 1. The Morgan fingerprint density at radius 1 is 1.14 bits per heavy atom. The van der Waals surface area contributed by atoms with Crippen molar-refractivity contribution in [1.29, 1.82) is 0 Å². The number of allylic oxidation sites excluding steroid dienone is 1. The van der Waals surface area contributed by atoms with Crippen LogP contribution in [0.3, 0.4) is 0 Å². The highest BCUT2D eigenvalue weighted by atomic mass is 16.5. The van der Waals surface area contributed by atoms with Gasteiger partial charge in [-0.1, -0.05) is 37.3 Å². The number of carbonyl (C=O) groups is 2. The molecule has 4 rings (SSSR count). The van der Waals surface area contributed by atoms with Crippen LogP contribution in [-0.2, 0) is 9.59 Å². The molecule has 0 saturated heterocycles. The molecule has 1 N–H and O–H groups in total.